The summed E-state index contributed by atoms with van der Waals surface area (Å²) in [6, 6.07) is 6.38. The largest absolute Gasteiger partial charge is 0.490 e. The molecule has 156 valence electrons. The van der Waals surface area contributed by atoms with Gasteiger partial charge in [0.1, 0.15) is 23.7 Å². The van der Waals surface area contributed by atoms with Crippen LogP contribution in [0.3, 0.4) is 0 Å². The molecule has 0 radical (unpaired) electrons. The number of amidine groups is 1. The average Bonchev–Trinajstić information content (AvgIpc) is 3.54. The fraction of sp³-hybridized carbons (Fsp3) is 0.522. The molecular weight excluding hydrogens is 396 g/mol. The van der Waals surface area contributed by atoms with Crippen LogP contribution in [0.5, 0.6) is 5.75 Å². The van der Waals surface area contributed by atoms with Crippen LogP contribution in [0.1, 0.15) is 37.7 Å². The van der Waals surface area contributed by atoms with Crippen molar-refractivity contribution in [1.82, 2.24) is 9.97 Å². The van der Waals surface area contributed by atoms with E-state index in [2.05, 4.69) is 28.2 Å². The molecule has 2 unspecified atom stereocenters. The fourth-order valence-electron chi connectivity index (χ4n) is 5.19. The lowest BCUT2D eigenvalue weighted by Crippen LogP contribution is -2.51. The van der Waals surface area contributed by atoms with Crippen LogP contribution in [0, 0.1) is 11.8 Å². The summed E-state index contributed by atoms with van der Waals surface area (Å²) in [6.07, 6.45) is 11.4. The molecule has 1 aromatic heterocycles. The molecule has 4 aliphatic rings. The zero-order valence-electron chi connectivity index (χ0n) is 16.9. The summed E-state index contributed by atoms with van der Waals surface area (Å²) in [5.41, 5.74) is 9.10. The maximum atomic E-state index is 6.53. The monoisotopic (exact) mass is 422 g/mol. The summed E-state index contributed by atoms with van der Waals surface area (Å²) in [4.78, 5) is 13.4. The maximum Gasteiger partial charge on any atom is 0.154 e. The van der Waals surface area contributed by atoms with Crippen LogP contribution < -0.4 is 10.5 Å². The van der Waals surface area contributed by atoms with Crippen molar-refractivity contribution in [2.45, 2.75) is 49.9 Å². The van der Waals surface area contributed by atoms with Crippen LogP contribution in [-0.4, -0.2) is 39.7 Å². The van der Waals surface area contributed by atoms with E-state index in [0.29, 0.717) is 11.3 Å². The molecule has 2 saturated carbocycles. The van der Waals surface area contributed by atoms with Crippen molar-refractivity contribution in [2.24, 2.45) is 22.6 Å². The minimum Gasteiger partial charge on any atom is -0.490 e. The molecule has 2 aliphatic carbocycles. The predicted octanol–water partition coefficient (Wildman–Crippen LogP) is 3.76. The van der Waals surface area contributed by atoms with Crippen molar-refractivity contribution in [2.75, 3.05) is 12.4 Å². The maximum absolute atomic E-state index is 6.53. The quantitative estimate of drug-likeness (QED) is 0.808. The van der Waals surface area contributed by atoms with Crippen molar-refractivity contribution in [3.8, 4) is 16.9 Å². The summed E-state index contributed by atoms with van der Waals surface area (Å²) in [6.45, 7) is 0.908. The van der Waals surface area contributed by atoms with Crippen LogP contribution in [0.25, 0.3) is 11.1 Å². The third-order valence-electron chi connectivity index (χ3n) is 6.98. The van der Waals surface area contributed by atoms with Gasteiger partial charge in [-0.15, -0.1) is 0 Å². The summed E-state index contributed by atoms with van der Waals surface area (Å²) < 4.78 is 12.8. The molecule has 3 heterocycles. The van der Waals surface area contributed by atoms with Crippen LogP contribution in [0.2, 0.25) is 0 Å². The van der Waals surface area contributed by atoms with Gasteiger partial charge in [-0.1, -0.05) is 17.8 Å². The lowest BCUT2D eigenvalue weighted by molar-refractivity contribution is -0.0564. The van der Waals surface area contributed by atoms with E-state index < -0.39 is 0 Å². The second-order valence-electron chi connectivity index (χ2n) is 8.98. The molecule has 6 nitrogen and oxygen atoms in total. The van der Waals surface area contributed by atoms with Gasteiger partial charge in [-0.05, 0) is 55.7 Å². The molecule has 30 heavy (non-hydrogen) atoms. The molecule has 2 aliphatic heterocycles. The number of rotatable bonds is 4. The minimum absolute atomic E-state index is 0.166. The first-order valence-corrected chi connectivity index (χ1v) is 11.9. The highest BCUT2D eigenvalue weighted by Gasteiger charge is 2.54. The average molecular weight is 423 g/mol. The van der Waals surface area contributed by atoms with E-state index in [1.165, 1.54) is 12.8 Å². The third-order valence-corrected chi connectivity index (χ3v) is 7.96. The van der Waals surface area contributed by atoms with E-state index >= 15 is 0 Å². The molecule has 1 aromatic carbocycles. The molecular formula is C23H26N4O2S. The third kappa shape index (κ3) is 3.19. The second kappa shape index (κ2) is 7.24. The molecule has 2 fully saturated rings. The Bertz CT molecular complexity index is 980. The van der Waals surface area contributed by atoms with Gasteiger partial charge < -0.3 is 15.2 Å². The zero-order chi connectivity index (χ0) is 20.1. The lowest BCUT2D eigenvalue weighted by Gasteiger charge is -2.48. The number of benzene rings is 1. The van der Waals surface area contributed by atoms with Gasteiger partial charge in [0.15, 0.2) is 5.17 Å². The van der Waals surface area contributed by atoms with E-state index in [9.17, 15) is 0 Å². The van der Waals surface area contributed by atoms with E-state index in [4.69, 9.17) is 20.2 Å². The molecule has 0 bridgehead atoms. The Morgan fingerprint density at radius 2 is 2.00 bits per heavy atom. The van der Waals surface area contributed by atoms with Gasteiger partial charge in [0.05, 0.1) is 6.10 Å². The van der Waals surface area contributed by atoms with Gasteiger partial charge in [-0.25, -0.2) is 15.0 Å². The van der Waals surface area contributed by atoms with Gasteiger partial charge in [0, 0.05) is 41.8 Å². The van der Waals surface area contributed by atoms with Crippen molar-refractivity contribution < 1.29 is 9.47 Å². The number of nitrogens with two attached hydrogens (primary N) is 1. The van der Waals surface area contributed by atoms with E-state index in [1.54, 1.807) is 18.1 Å². The van der Waals surface area contributed by atoms with E-state index in [1.807, 2.05) is 12.4 Å². The predicted molar refractivity (Wildman–Crippen MR) is 117 cm³/mol. The van der Waals surface area contributed by atoms with Gasteiger partial charge in [0.25, 0.3) is 0 Å². The van der Waals surface area contributed by atoms with Crippen LogP contribution >= 0.6 is 11.8 Å². The first kappa shape index (κ1) is 18.6. The first-order chi connectivity index (χ1) is 14.7. The van der Waals surface area contributed by atoms with Crippen molar-refractivity contribution >= 4 is 16.9 Å². The Hall–Kier alpha value is -2.12. The number of aromatic nitrogens is 2. The van der Waals surface area contributed by atoms with E-state index in [-0.39, 0.29) is 17.6 Å². The van der Waals surface area contributed by atoms with Gasteiger partial charge in [0.2, 0.25) is 0 Å². The van der Waals surface area contributed by atoms with Crippen molar-refractivity contribution in [3.05, 3.63) is 42.5 Å². The van der Waals surface area contributed by atoms with Gasteiger partial charge in [-0.2, -0.15) is 0 Å². The van der Waals surface area contributed by atoms with Crippen molar-refractivity contribution in [1.29, 1.82) is 0 Å². The number of aliphatic imine (C=N–C) groups is 1. The highest BCUT2D eigenvalue weighted by Crippen LogP contribution is 2.55. The Morgan fingerprint density at radius 3 is 2.77 bits per heavy atom. The number of fused-ring (bicyclic) bond motifs is 4. The number of ether oxygens (including phenoxy) is 2. The Morgan fingerprint density at radius 1 is 1.13 bits per heavy atom. The molecule has 2 aromatic rings. The molecule has 1 spiro atoms. The normalized spacial score (nSPS) is 32.3. The molecule has 2 N–H and O–H groups in total. The van der Waals surface area contributed by atoms with Gasteiger partial charge in [-0.3, -0.25) is 0 Å². The minimum atomic E-state index is -0.347. The number of hydrogen-bond donors (Lipinski definition) is 1. The zero-order valence-corrected chi connectivity index (χ0v) is 17.7. The Kier molecular flexibility index (Phi) is 4.49. The lowest BCUT2D eigenvalue weighted by atomic mass is 9.67. The summed E-state index contributed by atoms with van der Waals surface area (Å²) in [7, 11) is 0. The molecule has 4 atom stereocenters. The van der Waals surface area contributed by atoms with Crippen LogP contribution in [-0.2, 0) is 10.3 Å². The summed E-state index contributed by atoms with van der Waals surface area (Å²) >= 11 is 1.66. The van der Waals surface area contributed by atoms with E-state index in [0.717, 1.165) is 60.0 Å². The molecule has 0 saturated heterocycles. The molecule has 0 amide bonds. The standard InChI is InChI=1S/C23H26N4O2S/c24-22-27-23(12-30-22)18-7-15(16-9-25-13-26-10-16)3-5-20(18)29-21-6-4-17(8-19(21)23)28-11-14-1-2-14/h3,5,7,9-10,13-14,17,19,21H,1-2,4,6,8,11-12H2,(H2,24,27)/t17-,19?,21?,23-/m1/s1. The number of thioether (sulfide) groups is 1. The van der Waals surface area contributed by atoms with Crippen LogP contribution in [0.15, 0.2) is 41.9 Å². The molecule has 7 heteroatoms. The Balaban J connectivity index is 1.38. The molecule has 6 rings (SSSR count). The topological polar surface area (TPSA) is 82.6 Å². The summed E-state index contributed by atoms with van der Waals surface area (Å²) in [5.74, 6) is 2.86. The highest BCUT2D eigenvalue weighted by molar-refractivity contribution is 8.14. The highest BCUT2D eigenvalue weighted by atomic mass is 32.2. The second-order valence-corrected chi connectivity index (χ2v) is 9.97. The fourth-order valence-corrected chi connectivity index (χ4v) is 6.22. The smallest absolute Gasteiger partial charge is 0.154 e. The first-order valence-electron chi connectivity index (χ1n) is 10.9. The Labute approximate surface area is 180 Å². The van der Waals surface area contributed by atoms with Gasteiger partial charge >= 0.3 is 0 Å². The number of hydrogen-bond acceptors (Lipinski definition) is 7. The number of nitrogens with zero attached hydrogens (tertiary/aromatic N) is 3. The van der Waals surface area contributed by atoms with Crippen molar-refractivity contribution in [3.63, 3.8) is 0 Å². The van der Waals surface area contributed by atoms with Crippen LogP contribution in [0.4, 0.5) is 0 Å². The SMILES string of the molecule is NC1=N[C@]2(CS1)c1cc(-c3cncnc3)ccc1OC1CC[C@@H](OCC3CC3)CC12. The summed E-state index contributed by atoms with van der Waals surface area (Å²) in [5, 5.41) is 0.677.